The van der Waals surface area contributed by atoms with Gasteiger partial charge in [-0.3, -0.25) is 0 Å². The monoisotopic (exact) mass is 303 g/mol. The Labute approximate surface area is 123 Å². The van der Waals surface area contributed by atoms with Crippen LogP contribution in [0.2, 0.25) is 0 Å². The molecule has 0 aromatic heterocycles. The van der Waals surface area contributed by atoms with E-state index in [-0.39, 0.29) is 0 Å². The van der Waals surface area contributed by atoms with Crippen LogP contribution in [0.1, 0.15) is 39.5 Å². The van der Waals surface area contributed by atoms with E-state index in [4.69, 9.17) is 0 Å². The first-order chi connectivity index (χ1) is 9.41. The summed E-state index contributed by atoms with van der Waals surface area (Å²) < 4.78 is 28.2. The van der Waals surface area contributed by atoms with Gasteiger partial charge in [0.25, 0.3) is 10.2 Å². The van der Waals surface area contributed by atoms with Gasteiger partial charge in [0.1, 0.15) is 0 Å². The highest BCUT2D eigenvalue weighted by Crippen LogP contribution is 2.25. The Kier molecular flexibility index (Phi) is 5.45. The summed E-state index contributed by atoms with van der Waals surface area (Å²) >= 11 is 0. The zero-order valence-corrected chi connectivity index (χ0v) is 13.8. The summed E-state index contributed by atoms with van der Waals surface area (Å²) in [6.07, 6.45) is 4.40. The molecule has 0 amide bonds. The average Bonchev–Trinajstić information content (AvgIpc) is 3.21. The predicted molar refractivity (Wildman–Crippen MR) is 81.7 cm³/mol. The SMILES string of the molecule is CC1CCN(S(=O)(=O)N(C)CCCNC2CC2)CC1C. The number of hydrogen-bond donors (Lipinski definition) is 1. The van der Waals surface area contributed by atoms with Gasteiger partial charge in [-0.2, -0.15) is 17.0 Å². The van der Waals surface area contributed by atoms with Crippen molar-refractivity contribution in [3.63, 3.8) is 0 Å². The highest BCUT2D eigenvalue weighted by molar-refractivity contribution is 7.86. The molecule has 20 heavy (non-hydrogen) atoms. The molecule has 2 fully saturated rings. The van der Waals surface area contributed by atoms with Crippen molar-refractivity contribution >= 4 is 10.2 Å². The second kappa shape index (κ2) is 6.73. The van der Waals surface area contributed by atoms with Crippen LogP contribution in [0.3, 0.4) is 0 Å². The minimum Gasteiger partial charge on any atom is -0.314 e. The van der Waals surface area contributed by atoms with Gasteiger partial charge >= 0.3 is 0 Å². The third kappa shape index (κ3) is 4.16. The molecule has 1 N–H and O–H groups in total. The summed E-state index contributed by atoms with van der Waals surface area (Å²) in [4.78, 5) is 0. The molecule has 1 heterocycles. The summed E-state index contributed by atoms with van der Waals surface area (Å²) in [5.74, 6) is 1.07. The molecule has 2 rings (SSSR count). The number of piperidine rings is 1. The predicted octanol–water partition coefficient (Wildman–Crippen LogP) is 1.28. The quantitative estimate of drug-likeness (QED) is 0.721. The van der Waals surface area contributed by atoms with E-state index in [0.29, 0.717) is 37.5 Å². The van der Waals surface area contributed by atoms with Crippen molar-refractivity contribution in [2.24, 2.45) is 11.8 Å². The number of nitrogens with zero attached hydrogens (tertiary/aromatic N) is 2. The van der Waals surface area contributed by atoms with E-state index < -0.39 is 10.2 Å². The van der Waals surface area contributed by atoms with Gasteiger partial charge in [-0.15, -0.1) is 0 Å². The van der Waals surface area contributed by atoms with Crippen LogP contribution in [-0.4, -0.2) is 56.3 Å². The molecule has 0 aromatic rings. The van der Waals surface area contributed by atoms with E-state index in [1.54, 1.807) is 11.4 Å². The van der Waals surface area contributed by atoms with Crippen LogP contribution in [0.4, 0.5) is 0 Å². The molecular formula is C14H29N3O2S. The van der Waals surface area contributed by atoms with Gasteiger partial charge in [-0.1, -0.05) is 13.8 Å². The van der Waals surface area contributed by atoms with Crippen molar-refractivity contribution in [3.05, 3.63) is 0 Å². The fourth-order valence-corrected chi connectivity index (χ4v) is 4.16. The molecular weight excluding hydrogens is 274 g/mol. The zero-order valence-electron chi connectivity index (χ0n) is 13.0. The second-order valence-electron chi connectivity index (χ2n) is 6.51. The third-order valence-electron chi connectivity index (χ3n) is 4.68. The Hall–Kier alpha value is -0.170. The molecule has 2 unspecified atom stereocenters. The molecule has 0 spiro atoms. The van der Waals surface area contributed by atoms with Crippen molar-refractivity contribution in [2.75, 3.05) is 33.2 Å². The Morgan fingerprint density at radius 1 is 1.20 bits per heavy atom. The van der Waals surface area contributed by atoms with Crippen molar-refractivity contribution in [2.45, 2.75) is 45.6 Å². The van der Waals surface area contributed by atoms with Crippen LogP contribution >= 0.6 is 0 Å². The highest BCUT2D eigenvalue weighted by atomic mass is 32.2. The number of nitrogens with one attached hydrogen (secondary N) is 1. The smallest absolute Gasteiger partial charge is 0.281 e. The largest absolute Gasteiger partial charge is 0.314 e. The molecule has 1 aliphatic heterocycles. The Balaban J connectivity index is 1.78. The van der Waals surface area contributed by atoms with Crippen LogP contribution in [0.5, 0.6) is 0 Å². The van der Waals surface area contributed by atoms with E-state index in [0.717, 1.165) is 19.4 Å². The summed E-state index contributed by atoms with van der Waals surface area (Å²) in [6.45, 7) is 7.20. The summed E-state index contributed by atoms with van der Waals surface area (Å²) in [6, 6.07) is 0.696. The van der Waals surface area contributed by atoms with E-state index in [1.807, 2.05) is 0 Å². The first kappa shape index (κ1) is 16.2. The lowest BCUT2D eigenvalue weighted by Gasteiger charge is -2.36. The normalized spacial score (nSPS) is 29.0. The lowest BCUT2D eigenvalue weighted by Crippen LogP contribution is -2.48. The fraction of sp³-hybridized carbons (Fsp3) is 1.00. The maximum atomic E-state index is 12.5. The summed E-state index contributed by atoms with van der Waals surface area (Å²) in [5.41, 5.74) is 0. The molecule has 118 valence electrons. The van der Waals surface area contributed by atoms with Gasteiger partial charge in [-0.25, -0.2) is 0 Å². The third-order valence-corrected chi connectivity index (χ3v) is 6.63. The van der Waals surface area contributed by atoms with Gasteiger partial charge < -0.3 is 5.32 Å². The van der Waals surface area contributed by atoms with Gasteiger partial charge in [0.2, 0.25) is 0 Å². The maximum absolute atomic E-state index is 12.5. The molecule has 0 radical (unpaired) electrons. The maximum Gasteiger partial charge on any atom is 0.281 e. The van der Waals surface area contributed by atoms with Crippen LogP contribution in [0, 0.1) is 11.8 Å². The van der Waals surface area contributed by atoms with Crippen LogP contribution in [-0.2, 0) is 10.2 Å². The molecule has 0 aromatic carbocycles. The lowest BCUT2D eigenvalue weighted by molar-refractivity contribution is 0.203. The number of rotatable bonds is 7. The van der Waals surface area contributed by atoms with Crippen LogP contribution in [0.15, 0.2) is 0 Å². The molecule has 1 aliphatic carbocycles. The Bertz CT molecular complexity index is 409. The minimum absolute atomic E-state index is 0.448. The van der Waals surface area contributed by atoms with E-state index in [1.165, 1.54) is 17.1 Å². The second-order valence-corrected chi connectivity index (χ2v) is 8.55. The highest BCUT2D eigenvalue weighted by Gasteiger charge is 2.32. The first-order valence-corrected chi connectivity index (χ1v) is 9.25. The van der Waals surface area contributed by atoms with Crippen molar-refractivity contribution < 1.29 is 8.42 Å². The van der Waals surface area contributed by atoms with E-state index >= 15 is 0 Å². The molecule has 0 bridgehead atoms. The van der Waals surface area contributed by atoms with Crippen molar-refractivity contribution in [1.82, 2.24) is 13.9 Å². The summed E-state index contributed by atoms with van der Waals surface area (Å²) in [7, 11) is -1.56. The summed E-state index contributed by atoms with van der Waals surface area (Å²) in [5, 5.41) is 3.42. The van der Waals surface area contributed by atoms with E-state index in [2.05, 4.69) is 19.2 Å². The lowest BCUT2D eigenvalue weighted by atomic mass is 9.90. The van der Waals surface area contributed by atoms with E-state index in [9.17, 15) is 8.42 Å². The van der Waals surface area contributed by atoms with Crippen LogP contribution in [0.25, 0.3) is 0 Å². The number of hydrogen-bond acceptors (Lipinski definition) is 3. The first-order valence-electron chi connectivity index (χ1n) is 7.86. The average molecular weight is 303 g/mol. The molecule has 2 atom stereocenters. The van der Waals surface area contributed by atoms with Gasteiger partial charge in [-0.05, 0) is 44.1 Å². The zero-order chi connectivity index (χ0) is 14.8. The fourth-order valence-electron chi connectivity index (χ4n) is 2.64. The van der Waals surface area contributed by atoms with Gasteiger partial charge in [0.05, 0.1) is 0 Å². The molecule has 2 aliphatic rings. The van der Waals surface area contributed by atoms with Crippen molar-refractivity contribution in [1.29, 1.82) is 0 Å². The molecule has 1 saturated heterocycles. The van der Waals surface area contributed by atoms with Gasteiger partial charge in [0.15, 0.2) is 0 Å². The Morgan fingerprint density at radius 2 is 1.90 bits per heavy atom. The Morgan fingerprint density at radius 3 is 2.50 bits per heavy atom. The topological polar surface area (TPSA) is 52.7 Å². The standard InChI is InChI=1S/C14H29N3O2S/c1-12-7-10-17(11-13(12)2)20(18,19)16(3)9-4-8-15-14-5-6-14/h12-15H,4-11H2,1-3H3. The van der Waals surface area contributed by atoms with Gasteiger partial charge in [0, 0.05) is 32.7 Å². The van der Waals surface area contributed by atoms with Crippen LogP contribution < -0.4 is 5.32 Å². The molecule has 1 saturated carbocycles. The molecule has 5 nitrogen and oxygen atoms in total. The molecule has 6 heteroatoms. The minimum atomic E-state index is -3.26. The van der Waals surface area contributed by atoms with Crippen molar-refractivity contribution in [3.8, 4) is 0 Å².